The molecule has 0 amide bonds. The Labute approximate surface area is 282 Å². The van der Waals surface area contributed by atoms with Gasteiger partial charge in [0.15, 0.2) is 0 Å². The summed E-state index contributed by atoms with van der Waals surface area (Å²) in [4.78, 5) is 0. The molecule has 0 aromatic carbocycles. The second kappa shape index (κ2) is 32.1. The molecule has 0 bridgehead atoms. The fourth-order valence-electron chi connectivity index (χ4n) is 7.23. The van der Waals surface area contributed by atoms with Crippen molar-refractivity contribution in [3.8, 4) is 0 Å². The molecule has 0 unspecified atom stereocenters. The summed E-state index contributed by atoms with van der Waals surface area (Å²) in [6.45, 7) is 9.37. The van der Waals surface area contributed by atoms with Crippen molar-refractivity contribution in [2.24, 2.45) is 0 Å². The monoisotopic (exact) mass is 723 g/mol. The topological polar surface area (TPSA) is 0 Å². The molecule has 0 aliphatic carbocycles. The Morgan fingerprint density at radius 1 is 0.238 bits per heavy atom. The van der Waals surface area contributed by atoms with Crippen LogP contribution in [0.15, 0.2) is 0 Å². The van der Waals surface area contributed by atoms with Crippen LogP contribution < -0.4 is 0 Å². The Bertz CT molecular complexity index is 426. The summed E-state index contributed by atoms with van der Waals surface area (Å²) < 4.78 is -1.65. The Morgan fingerprint density at radius 3 is 0.548 bits per heavy atom. The van der Waals surface area contributed by atoms with Crippen LogP contribution in [0.5, 0.6) is 0 Å². The number of halogens is 1. The first-order chi connectivity index (χ1) is 20.5. The van der Waals surface area contributed by atoms with E-state index in [-0.39, 0.29) is 0 Å². The standard InChI is InChI=1S/C40H84IP/c1-5-9-13-17-21-25-29-33-37-42(41,38-34-30-26-22-18-14-10-6-2,39-35-31-27-23-19-15-11-7-3)40-36-32-28-24-20-16-12-8-4/h5-40H2,1-4H3. The van der Waals surface area contributed by atoms with Crippen LogP contribution in [0.3, 0.4) is 0 Å². The van der Waals surface area contributed by atoms with E-state index in [1.54, 1.807) is 50.3 Å². The van der Waals surface area contributed by atoms with Crippen molar-refractivity contribution in [1.82, 2.24) is 0 Å². The van der Waals surface area contributed by atoms with Crippen LogP contribution in [0.1, 0.15) is 233 Å². The first kappa shape index (κ1) is 43.2. The molecule has 0 aromatic heterocycles. The Hall–Kier alpha value is 1.16. The third kappa shape index (κ3) is 27.5. The molecule has 0 nitrogen and oxygen atoms in total. The van der Waals surface area contributed by atoms with E-state index in [1.807, 2.05) is 0 Å². The van der Waals surface area contributed by atoms with Crippen LogP contribution in [0, 0.1) is 0 Å². The van der Waals surface area contributed by atoms with Gasteiger partial charge in [-0.1, -0.05) is 0 Å². The molecule has 0 aliphatic heterocycles. The molecule has 0 saturated heterocycles. The maximum absolute atomic E-state index is 3.26. The van der Waals surface area contributed by atoms with Crippen LogP contribution in [-0.2, 0) is 0 Å². The molecule has 42 heavy (non-hydrogen) atoms. The number of unbranched alkanes of at least 4 members (excludes halogenated alkanes) is 28. The van der Waals surface area contributed by atoms with Crippen molar-refractivity contribution in [1.29, 1.82) is 0 Å². The van der Waals surface area contributed by atoms with Crippen molar-refractivity contribution >= 4 is 26.3 Å². The minimum atomic E-state index is -1.65. The Morgan fingerprint density at radius 2 is 0.381 bits per heavy atom. The van der Waals surface area contributed by atoms with Gasteiger partial charge in [-0.15, -0.1) is 0 Å². The minimum absolute atomic E-state index is 1.37. The van der Waals surface area contributed by atoms with Crippen molar-refractivity contribution in [2.75, 3.05) is 24.6 Å². The Kier molecular flexibility index (Phi) is 33.0. The summed E-state index contributed by atoms with van der Waals surface area (Å²) in [6.07, 6.45) is 53.8. The fourth-order valence-corrected chi connectivity index (χ4v) is 16.7. The molecular weight excluding hydrogens is 638 g/mol. The third-order valence-electron chi connectivity index (χ3n) is 10.3. The number of hydrogen-bond donors (Lipinski definition) is 0. The molecule has 0 radical (unpaired) electrons. The zero-order valence-electron chi connectivity index (χ0n) is 30.3. The van der Waals surface area contributed by atoms with Crippen LogP contribution >= 0.6 is 26.3 Å². The molecule has 0 N–H and O–H groups in total. The normalized spacial score (nSPS) is 13.0. The van der Waals surface area contributed by atoms with Crippen molar-refractivity contribution in [3.05, 3.63) is 0 Å². The van der Waals surface area contributed by atoms with E-state index >= 15 is 0 Å². The predicted octanol–water partition coefficient (Wildman–Crippen LogP) is 16.5. The van der Waals surface area contributed by atoms with Crippen LogP contribution in [0.4, 0.5) is 0 Å². The molecule has 0 spiro atoms. The number of rotatable bonds is 36. The van der Waals surface area contributed by atoms with Crippen LogP contribution in [-0.4, -0.2) is 24.6 Å². The summed E-state index contributed by atoms with van der Waals surface area (Å²) in [6, 6.07) is 0. The second-order valence-electron chi connectivity index (χ2n) is 14.6. The van der Waals surface area contributed by atoms with Gasteiger partial charge in [-0.3, -0.25) is 0 Å². The maximum atomic E-state index is 3.26. The van der Waals surface area contributed by atoms with Gasteiger partial charge in [0.2, 0.25) is 0 Å². The molecule has 2 heteroatoms. The molecular formula is C40H84IP. The van der Waals surface area contributed by atoms with Gasteiger partial charge < -0.3 is 0 Å². The molecule has 0 rings (SSSR count). The molecule has 0 fully saturated rings. The van der Waals surface area contributed by atoms with E-state index < -0.39 is 4.25 Å². The Balaban J connectivity index is 5.04. The summed E-state index contributed by atoms with van der Waals surface area (Å²) in [5.74, 6) is 0. The number of hydrogen-bond acceptors (Lipinski definition) is 0. The molecule has 256 valence electrons. The molecule has 0 saturated carbocycles. The van der Waals surface area contributed by atoms with Gasteiger partial charge in [0.05, 0.1) is 0 Å². The fraction of sp³-hybridized carbons (Fsp3) is 1.00. The SMILES string of the molecule is CCCCCCCCCCP(I)(CCCCCCCCCC)(CCCCCCCCCC)CCCCCCCCCC. The van der Waals surface area contributed by atoms with Gasteiger partial charge in [-0.05, 0) is 0 Å². The first-order valence-electron chi connectivity index (χ1n) is 20.3. The van der Waals surface area contributed by atoms with Gasteiger partial charge in [-0.2, -0.15) is 0 Å². The van der Waals surface area contributed by atoms with E-state index in [9.17, 15) is 0 Å². The zero-order chi connectivity index (χ0) is 30.9. The molecule has 0 heterocycles. The van der Waals surface area contributed by atoms with E-state index in [4.69, 9.17) is 0 Å². The summed E-state index contributed by atoms with van der Waals surface area (Å²) >= 11 is 3.26. The van der Waals surface area contributed by atoms with E-state index in [2.05, 4.69) is 49.7 Å². The third-order valence-corrected chi connectivity index (χ3v) is 21.8. The van der Waals surface area contributed by atoms with Gasteiger partial charge in [0, 0.05) is 0 Å². The summed E-state index contributed by atoms with van der Waals surface area (Å²) in [5.41, 5.74) is 0. The summed E-state index contributed by atoms with van der Waals surface area (Å²) in [7, 11) is 0. The van der Waals surface area contributed by atoms with E-state index in [0.29, 0.717) is 0 Å². The van der Waals surface area contributed by atoms with Gasteiger partial charge in [0.25, 0.3) is 0 Å². The van der Waals surface area contributed by atoms with Gasteiger partial charge in [0.1, 0.15) is 0 Å². The van der Waals surface area contributed by atoms with Crippen molar-refractivity contribution < 1.29 is 0 Å². The van der Waals surface area contributed by atoms with E-state index in [0.717, 1.165) is 0 Å². The van der Waals surface area contributed by atoms with Crippen molar-refractivity contribution in [2.45, 2.75) is 233 Å². The molecule has 0 atom stereocenters. The van der Waals surface area contributed by atoms with Crippen LogP contribution in [0.2, 0.25) is 0 Å². The van der Waals surface area contributed by atoms with Crippen molar-refractivity contribution in [3.63, 3.8) is 0 Å². The zero-order valence-corrected chi connectivity index (χ0v) is 33.3. The van der Waals surface area contributed by atoms with Gasteiger partial charge in [-0.25, -0.2) is 0 Å². The molecule has 0 aromatic rings. The first-order valence-corrected chi connectivity index (χ1v) is 26.0. The van der Waals surface area contributed by atoms with E-state index in [1.165, 1.54) is 180 Å². The summed E-state index contributed by atoms with van der Waals surface area (Å²) in [5, 5.41) is 0. The average molecular weight is 723 g/mol. The quantitative estimate of drug-likeness (QED) is 0.0343. The predicted molar refractivity (Wildman–Crippen MR) is 211 cm³/mol. The van der Waals surface area contributed by atoms with Crippen LogP contribution in [0.25, 0.3) is 0 Å². The average Bonchev–Trinajstić information content (AvgIpc) is 2.99. The second-order valence-corrected chi connectivity index (χ2v) is 28.2. The molecule has 0 aliphatic rings. The van der Waals surface area contributed by atoms with Gasteiger partial charge >= 0.3 is 284 Å².